The summed E-state index contributed by atoms with van der Waals surface area (Å²) in [5.74, 6) is -0.794. The van der Waals surface area contributed by atoms with Crippen molar-refractivity contribution in [1.29, 1.82) is 5.26 Å². The van der Waals surface area contributed by atoms with Crippen molar-refractivity contribution in [3.05, 3.63) is 76.1 Å². The smallest absolute Gasteiger partial charge is 0.340 e. The molecule has 0 radical (unpaired) electrons. The van der Waals surface area contributed by atoms with Crippen LogP contribution < -0.4 is 0 Å². The van der Waals surface area contributed by atoms with Gasteiger partial charge >= 0.3 is 5.97 Å². The van der Waals surface area contributed by atoms with Crippen LogP contribution in [0.5, 0.6) is 0 Å². The van der Waals surface area contributed by atoms with Crippen LogP contribution in [-0.4, -0.2) is 22.8 Å². The highest BCUT2D eigenvalue weighted by atomic mass is 35.5. The largest absolute Gasteiger partial charge is 0.462 e. The van der Waals surface area contributed by atoms with Crippen molar-refractivity contribution in [1.82, 2.24) is 4.40 Å². The lowest BCUT2D eigenvalue weighted by atomic mass is 10.1. The molecule has 0 spiro atoms. The first kappa shape index (κ1) is 16.7. The number of benzene rings is 1. The molecular weight excluding hydrogens is 340 g/mol. The Morgan fingerprint density at radius 2 is 1.92 bits per heavy atom. The third-order valence-electron chi connectivity index (χ3n) is 3.73. The molecule has 0 N–H and O–H groups in total. The summed E-state index contributed by atoms with van der Waals surface area (Å²) in [6.07, 6.45) is 1.60. The van der Waals surface area contributed by atoms with Crippen LogP contribution in [0.4, 0.5) is 0 Å². The Morgan fingerprint density at radius 1 is 1.20 bits per heavy atom. The summed E-state index contributed by atoms with van der Waals surface area (Å²) < 4.78 is 6.65. The number of fused-ring (bicyclic) bond motifs is 1. The topological polar surface area (TPSA) is 71.6 Å². The van der Waals surface area contributed by atoms with E-state index in [0.717, 1.165) is 0 Å². The second-order valence-corrected chi connectivity index (χ2v) is 5.72. The van der Waals surface area contributed by atoms with Crippen molar-refractivity contribution in [2.75, 3.05) is 6.61 Å². The minimum atomic E-state index is -0.537. The number of aromatic nitrogens is 1. The molecule has 3 rings (SSSR count). The van der Waals surface area contributed by atoms with E-state index in [9.17, 15) is 9.59 Å². The van der Waals surface area contributed by atoms with Gasteiger partial charge in [0.25, 0.3) is 0 Å². The molecule has 25 heavy (non-hydrogen) atoms. The van der Waals surface area contributed by atoms with Crippen LogP contribution in [0.15, 0.2) is 48.7 Å². The van der Waals surface area contributed by atoms with Crippen molar-refractivity contribution in [2.45, 2.75) is 6.92 Å². The van der Waals surface area contributed by atoms with Gasteiger partial charge in [-0.05, 0) is 49.4 Å². The van der Waals surface area contributed by atoms with Gasteiger partial charge in [0.15, 0.2) is 0 Å². The van der Waals surface area contributed by atoms with E-state index in [4.69, 9.17) is 21.6 Å². The van der Waals surface area contributed by atoms with E-state index >= 15 is 0 Å². The van der Waals surface area contributed by atoms with E-state index in [-0.39, 0.29) is 18.0 Å². The zero-order chi connectivity index (χ0) is 18.0. The van der Waals surface area contributed by atoms with E-state index in [1.54, 1.807) is 53.9 Å². The maximum Gasteiger partial charge on any atom is 0.340 e. The predicted octanol–water partition coefficient (Wildman–Crippen LogP) is 3.87. The first-order chi connectivity index (χ1) is 12.0. The molecule has 124 valence electrons. The number of ketones is 1. The minimum Gasteiger partial charge on any atom is -0.462 e. The Morgan fingerprint density at radius 3 is 2.56 bits per heavy atom. The molecule has 0 unspecified atom stereocenters. The number of esters is 1. The zero-order valence-electron chi connectivity index (χ0n) is 13.3. The predicted molar refractivity (Wildman–Crippen MR) is 93.0 cm³/mol. The van der Waals surface area contributed by atoms with Crippen LogP contribution >= 0.6 is 11.6 Å². The van der Waals surface area contributed by atoms with Gasteiger partial charge in [-0.1, -0.05) is 11.6 Å². The van der Waals surface area contributed by atoms with Crippen molar-refractivity contribution in [3.63, 3.8) is 0 Å². The van der Waals surface area contributed by atoms with Crippen LogP contribution in [0.3, 0.4) is 0 Å². The molecule has 0 atom stereocenters. The summed E-state index contributed by atoms with van der Waals surface area (Å²) in [5.41, 5.74) is 1.85. The van der Waals surface area contributed by atoms with Crippen molar-refractivity contribution in [3.8, 4) is 6.07 Å². The highest BCUT2D eigenvalue weighted by molar-refractivity contribution is 6.30. The second-order valence-electron chi connectivity index (χ2n) is 5.28. The molecule has 0 amide bonds. The number of carbonyl (C=O) groups is 2. The number of nitrogens with zero attached hydrogens (tertiary/aromatic N) is 2. The van der Waals surface area contributed by atoms with Gasteiger partial charge in [-0.2, -0.15) is 5.26 Å². The molecule has 0 saturated heterocycles. The van der Waals surface area contributed by atoms with Gasteiger partial charge in [0, 0.05) is 16.8 Å². The number of ether oxygens (including phenoxy) is 1. The maximum atomic E-state index is 12.8. The SMILES string of the molecule is CCOC(=O)c1cc(C(=O)c2ccc(Cl)cc2)n2ccc(C#N)cc12. The third-order valence-corrected chi connectivity index (χ3v) is 3.99. The molecule has 0 aliphatic rings. The van der Waals surface area contributed by atoms with E-state index in [2.05, 4.69) is 0 Å². The highest BCUT2D eigenvalue weighted by Gasteiger charge is 2.21. The van der Waals surface area contributed by atoms with Gasteiger partial charge in [0.05, 0.1) is 35.0 Å². The fourth-order valence-electron chi connectivity index (χ4n) is 2.56. The van der Waals surface area contributed by atoms with E-state index in [0.29, 0.717) is 27.4 Å². The fourth-order valence-corrected chi connectivity index (χ4v) is 2.69. The van der Waals surface area contributed by atoms with Gasteiger partial charge in [-0.15, -0.1) is 0 Å². The van der Waals surface area contributed by atoms with Gasteiger partial charge in [-0.25, -0.2) is 4.79 Å². The Hall–Kier alpha value is -3.10. The number of rotatable bonds is 4. The summed E-state index contributed by atoms with van der Waals surface area (Å²) in [4.78, 5) is 25.1. The molecule has 2 aromatic heterocycles. The molecule has 3 aromatic rings. The third kappa shape index (κ3) is 3.12. The van der Waals surface area contributed by atoms with Crippen LogP contribution in [0.2, 0.25) is 5.02 Å². The minimum absolute atomic E-state index is 0.217. The number of carbonyl (C=O) groups excluding carboxylic acids is 2. The van der Waals surface area contributed by atoms with Gasteiger partial charge in [-0.3, -0.25) is 4.79 Å². The highest BCUT2D eigenvalue weighted by Crippen LogP contribution is 2.22. The quantitative estimate of drug-likeness (QED) is 0.527. The molecule has 2 heterocycles. The van der Waals surface area contributed by atoms with Crippen LogP contribution in [0, 0.1) is 11.3 Å². The normalized spacial score (nSPS) is 10.4. The molecule has 0 aliphatic carbocycles. The summed E-state index contributed by atoms with van der Waals surface area (Å²) in [6, 6.07) is 13.2. The first-order valence-corrected chi connectivity index (χ1v) is 7.95. The number of hydrogen-bond donors (Lipinski definition) is 0. The molecule has 5 nitrogen and oxygen atoms in total. The summed E-state index contributed by atoms with van der Waals surface area (Å²) in [6.45, 7) is 1.92. The van der Waals surface area contributed by atoms with E-state index in [1.807, 2.05) is 6.07 Å². The average molecular weight is 353 g/mol. The van der Waals surface area contributed by atoms with Crippen molar-refractivity contribution < 1.29 is 14.3 Å². The Bertz CT molecular complexity index is 1010. The van der Waals surface area contributed by atoms with E-state index < -0.39 is 5.97 Å². The standard InChI is InChI=1S/C19H13ClN2O3/c1-2-25-19(24)15-10-17(18(23)13-3-5-14(20)6-4-13)22-8-7-12(11-21)9-16(15)22/h3-10H,2H2,1H3. The molecule has 0 aliphatic heterocycles. The lowest BCUT2D eigenvalue weighted by Gasteiger charge is -2.03. The zero-order valence-corrected chi connectivity index (χ0v) is 14.1. The second kappa shape index (κ2) is 6.80. The lowest BCUT2D eigenvalue weighted by molar-refractivity contribution is 0.0529. The molecule has 0 fully saturated rings. The Labute approximate surface area is 149 Å². The van der Waals surface area contributed by atoms with E-state index in [1.165, 1.54) is 6.07 Å². The summed E-state index contributed by atoms with van der Waals surface area (Å²) in [5, 5.41) is 9.63. The first-order valence-electron chi connectivity index (χ1n) is 7.57. The Balaban J connectivity index is 2.18. The lowest BCUT2D eigenvalue weighted by Crippen LogP contribution is -2.04. The van der Waals surface area contributed by atoms with Crippen molar-refractivity contribution in [2.24, 2.45) is 0 Å². The van der Waals surface area contributed by atoms with Crippen LogP contribution in [0.25, 0.3) is 5.52 Å². The Kier molecular flexibility index (Phi) is 4.55. The maximum absolute atomic E-state index is 12.8. The number of pyridine rings is 1. The number of hydrogen-bond acceptors (Lipinski definition) is 4. The van der Waals surface area contributed by atoms with Crippen LogP contribution in [-0.2, 0) is 4.74 Å². The van der Waals surface area contributed by atoms with Crippen LogP contribution in [0.1, 0.15) is 38.9 Å². The number of halogens is 1. The molecule has 1 aromatic carbocycles. The molecule has 0 saturated carbocycles. The monoisotopic (exact) mass is 352 g/mol. The number of nitriles is 1. The van der Waals surface area contributed by atoms with Gasteiger partial charge < -0.3 is 9.14 Å². The summed E-state index contributed by atoms with van der Waals surface area (Å²) >= 11 is 5.86. The molecule has 0 bridgehead atoms. The van der Waals surface area contributed by atoms with Gasteiger partial charge in [0.2, 0.25) is 5.78 Å². The molecular formula is C19H13ClN2O3. The van der Waals surface area contributed by atoms with Gasteiger partial charge in [0.1, 0.15) is 0 Å². The summed E-state index contributed by atoms with van der Waals surface area (Å²) in [7, 11) is 0. The average Bonchev–Trinajstić information content (AvgIpc) is 3.00. The van der Waals surface area contributed by atoms with Crippen molar-refractivity contribution >= 4 is 28.9 Å². The molecule has 6 heteroatoms. The fraction of sp³-hybridized carbons (Fsp3) is 0.105.